The first kappa shape index (κ1) is 14.3. The van der Waals surface area contributed by atoms with Crippen molar-refractivity contribution in [1.29, 1.82) is 0 Å². The highest BCUT2D eigenvalue weighted by Gasteiger charge is 2.19. The number of ketones is 1. The monoisotopic (exact) mass is 283 g/mol. The maximum atomic E-state index is 13.5. The zero-order chi connectivity index (χ0) is 13.8. The van der Waals surface area contributed by atoms with Gasteiger partial charge in [0.25, 0.3) is 0 Å². The molecule has 104 valence electrons. The van der Waals surface area contributed by atoms with Crippen molar-refractivity contribution in [3.05, 3.63) is 29.6 Å². The summed E-state index contributed by atoms with van der Waals surface area (Å²) in [5, 5.41) is 0. The highest BCUT2D eigenvalue weighted by atomic mass is 32.2. The van der Waals surface area contributed by atoms with Crippen LogP contribution in [0, 0.1) is 5.82 Å². The molecule has 0 aromatic heterocycles. The van der Waals surface area contributed by atoms with Gasteiger partial charge in [0, 0.05) is 12.5 Å². The molecular weight excluding hydrogens is 265 g/mol. The number of hydrogen-bond donors (Lipinski definition) is 1. The summed E-state index contributed by atoms with van der Waals surface area (Å²) < 4.78 is 28.7. The number of rotatable bonds is 5. The molecule has 5 heteroatoms. The third-order valence-corrected chi connectivity index (χ3v) is 4.63. The summed E-state index contributed by atoms with van der Waals surface area (Å²) in [5.74, 6) is -0.814. The summed E-state index contributed by atoms with van der Waals surface area (Å²) in [7, 11) is -1.38. The Labute approximate surface area is 115 Å². The highest BCUT2D eigenvalue weighted by molar-refractivity contribution is 7.83. The van der Waals surface area contributed by atoms with Gasteiger partial charge in [-0.2, -0.15) is 0 Å². The first-order valence-corrected chi connectivity index (χ1v) is 7.77. The van der Waals surface area contributed by atoms with Crippen molar-refractivity contribution in [3.8, 4) is 0 Å². The maximum Gasteiger partial charge on any atom is 0.165 e. The van der Waals surface area contributed by atoms with Crippen molar-refractivity contribution in [2.24, 2.45) is 0 Å². The standard InChI is InChI=1S/C14H18FNO2S/c1-2-14(17)12-9-11(7-8-13(12)15)19(18)16-10-5-3-4-6-10/h7-10,16H,2-6H2,1H3. The fourth-order valence-corrected chi connectivity index (χ4v) is 3.38. The lowest BCUT2D eigenvalue weighted by atomic mass is 10.1. The first-order valence-electron chi connectivity index (χ1n) is 6.62. The molecule has 1 unspecified atom stereocenters. The van der Waals surface area contributed by atoms with E-state index in [-0.39, 0.29) is 23.8 Å². The Morgan fingerprint density at radius 3 is 2.74 bits per heavy atom. The molecule has 1 aromatic rings. The molecule has 3 nitrogen and oxygen atoms in total. The summed E-state index contributed by atoms with van der Waals surface area (Å²) in [6, 6.07) is 4.35. The lowest BCUT2D eigenvalue weighted by Gasteiger charge is -2.11. The summed E-state index contributed by atoms with van der Waals surface area (Å²) >= 11 is 0. The van der Waals surface area contributed by atoms with E-state index in [2.05, 4.69) is 4.72 Å². The van der Waals surface area contributed by atoms with Gasteiger partial charge in [-0.05, 0) is 31.0 Å². The summed E-state index contributed by atoms with van der Waals surface area (Å²) in [4.78, 5) is 12.1. The van der Waals surface area contributed by atoms with Crippen LogP contribution in [0.1, 0.15) is 49.4 Å². The number of Topliss-reactive ketones (excluding diaryl/α,β-unsaturated/α-hetero) is 1. The molecule has 0 radical (unpaired) electrons. The number of carbonyl (C=O) groups is 1. The molecular formula is C14H18FNO2S. The molecule has 0 heterocycles. The topological polar surface area (TPSA) is 46.2 Å². The van der Waals surface area contributed by atoms with E-state index >= 15 is 0 Å². The van der Waals surface area contributed by atoms with Crippen molar-refractivity contribution in [2.45, 2.75) is 50.0 Å². The Kier molecular flexibility index (Phi) is 4.82. The molecule has 0 aliphatic heterocycles. The van der Waals surface area contributed by atoms with Gasteiger partial charge in [0.1, 0.15) is 16.8 Å². The number of halogens is 1. The highest BCUT2D eigenvalue weighted by Crippen LogP contribution is 2.20. The van der Waals surface area contributed by atoms with Crippen LogP contribution in [-0.4, -0.2) is 16.0 Å². The second kappa shape index (κ2) is 6.39. The molecule has 1 aliphatic rings. The Bertz CT molecular complexity index is 498. The van der Waals surface area contributed by atoms with E-state index < -0.39 is 16.8 Å². The lowest BCUT2D eigenvalue weighted by Crippen LogP contribution is -2.28. The van der Waals surface area contributed by atoms with Gasteiger partial charge < -0.3 is 0 Å². The molecule has 1 atom stereocenters. The fraction of sp³-hybridized carbons (Fsp3) is 0.500. The fourth-order valence-electron chi connectivity index (χ4n) is 2.29. The van der Waals surface area contributed by atoms with E-state index in [4.69, 9.17) is 0 Å². The van der Waals surface area contributed by atoms with Gasteiger partial charge in [-0.25, -0.2) is 13.3 Å². The number of nitrogens with one attached hydrogen (secondary N) is 1. The quantitative estimate of drug-likeness (QED) is 0.844. The van der Waals surface area contributed by atoms with Crippen LogP contribution < -0.4 is 4.72 Å². The molecule has 1 fully saturated rings. The van der Waals surface area contributed by atoms with Crippen LogP contribution in [-0.2, 0) is 11.0 Å². The van der Waals surface area contributed by atoms with Gasteiger partial charge in [0.2, 0.25) is 0 Å². The van der Waals surface area contributed by atoms with Crippen molar-refractivity contribution >= 4 is 16.8 Å². The van der Waals surface area contributed by atoms with E-state index in [1.165, 1.54) is 18.2 Å². The van der Waals surface area contributed by atoms with Crippen molar-refractivity contribution in [1.82, 2.24) is 4.72 Å². The van der Waals surface area contributed by atoms with Crippen molar-refractivity contribution in [2.75, 3.05) is 0 Å². The van der Waals surface area contributed by atoms with Gasteiger partial charge in [-0.3, -0.25) is 4.79 Å². The minimum Gasteiger partial charge on any atom is -0.294 e. The molecule has 1 N–H and O–H groups in total. The zero-order valence-electron chi connectivity index (χ0n) is 10.9. The molecule has 2 rings (SSSR count). The number of carbonyl (C=O) groups excluding carboxylic acids is 1. The molecule has 0 spiro atoms. The van der Waals surface area contributed by atoms with Gasteiger partial charge in [0.05, 0.1) is 10.5 Å². The Hall–Kier alpha value is -1.07. The molecule has 0 saturated heterocycles. The Morgan fingerprint density at radius 2 is 2.11 bits per heavy atom. The van der Waals surface area contributed by atoms with E-state index in [0.29, 0.717) is 4.90 Å². The predicted molar refractivity (Wildman–Crippen MR) is 72.8 cm³/mol. The lowest BCUT2D eigenvalue weighted by molar-refractivity contribution is 0.0984. The van der Waals surface area contributed by atoms with Gasteiger partial charge in [-0.15, -0.1) is 0 Å². The summed E-state index contributed by atoms with van der Waals surface area (Å²) in [6.45, 7) is 1.68. The van der Waals surface area contributed by atoms with E-state index in [0.717, 1.165) is 25.7 Å². The summed E-state index contributed by atoms with van der Waals surface area (Å²) in [5.41, 5.74) is 0.0292. The van der Waals surface area contributed by atoms with Crippen LogP contribution >= 0.6 is 0 Å². The van der Waals surface area contributed by atoms with E-state index in [1.807, 2.05) is 0 Å². The van der Waals surface area contributed by atoms with Gasteiger partial charge in [-0.1, -0.05) is 19.8 Å². The Morgan fingerprint density at radius 1 is 1.42 bits per heavy atom. The Balaban J connectivity index is 2.15. The van der Waals surface area contributed by atoms with Crippen LogP contribution in [0.2, 0.25) is 0 Å². The average molecular weight is 283 g/mol. The predicted octanol–water partition coefficient (Wildman–Crippen LogP) is 2.97. The molecule has 1 saturated carbocycles. The third kappa shape index (κ3) is 3.48. The SMILES string of the molecule is CCC(=O)c1cc(S(=O)NC2CCCC2)ccc1F. The smallest absolute Gasteiger partial charge is 0.165 e. The second-order valence-electron chi connectivity index (χ2n) is 4.79. The van der Waals surface area contributed by atoms with E-state index in [1.54, 1.807) is 6.92 Å². The van der Waals surface area contributed by atoms with E-state index in [9.17, 15) is 13.4 Å². The second-order valence-corrected chi connectivity index (χ2v) is 6.03. The zero-order valence-corrected chi connectivity index (χ0v) is 11.8. The normalized spacial score (nSPS) is 17.6. The number of benzene rings is 1. The van der Waals surface area contributed by atoms with Gasteiger partial charge in [0.15, 0.2) is 5.78 Å². The van der Waals surface area contributed by atoms with Crippen LogP contribution in [0.25, 0.3) is 0 Å². The minimum atomic E-state index is -1.38. The van der Waals surface area contributed by atoms with Crippen molar-refractivity contribution in [3.63, 3.8) is 0 Å². The largest absolute Gasteiger partial charge is 0.294 e. The first-order chi connectivity index (χ1) is 9.11. The molecule has 0 bridgehead atoms. The molecule has 1 aliphatic carbocycles. The average Bonchev–Trinajstić information content (AvgIpc) is 2.91. The van der Waals surface area contributed by atoms with Crippen LogP contribution in [0.4, 0.5) is 4.39 Å². The van der Waals surface area contributed by atoms with Crippen LogP contribution in [0.3, 0.4) is 0 Å². The third-order valence-electron chi connectivity index (χ3n) is 3.40. The molecule has 19 heavy (non-hydrogen) atoms. The van der Waals surface area contributed by atoms with Crippen molar-refractivity contribution < 1.29 is 13.4 Å². The maximum absolute atomic E-state index is 13.5. The van der Waals surface area contributed by atoms with Crippen LogP contribution in [0.5, 0.6) is 0 Å². The summed E-state index contributed by atoms with van der Waals surface area (Å²) in [6.07, 6.45) is 4.58. The van der Waals surface area contributed by atoms with Gasteiger partial charge >= 0.3 is 0 Å². The minimum absolute atomic E-state index is 0.0292. The number of hydrogen-bond acceptors (Lipinski definition) is 2. The molecule has 1 aromatic carbocycles. The molecule has 0 amide bonds. The van der Waals surface area contributed by atoms with Crippen LogP contribution in [0.15, 0.2) is 23.1 Å².